The number of benzene rings is 4. The zero-order valence-electron chi connectivity index (χ0n) is 34.2. The molecule has 4 heterocycles. The van der Waals surface area contributed by atoms with E-state index in [9.17, 15) is 33.9 Å². The molecule has 18 heteroatoms. The molecule has 15 nitrogen and oxygen atoms in total. The van der Waals surface area contributed by atoms with E-state index in [4.69, 9.17) is 51.6 Å². The van der Waals surface area contributed by atoms with Crippen molar-refractivity contribution in [1.29, 1.82) is 0 Å². The molecule has 8 rings (SSSR count). The summed E-state index contributed by atoms with van der Waals surface area (Å²) < 4.78 is 34.0. The second-order valence-electron chi connectivity index (χ2n) is 15.2. The summed E-state index contributed by atoms with van der Waals surface area (Å²) in [5.74, 6) is -4.27. The summed E-state index contributed by atoms with van der Waals surface area (Å²) in [5.41, 5.74) is 2.61. The van der Waals surface area contributed by atoms with E-state index in [1.54, 1.807) is 52.3 Å². The van der Waals surface area contributed by atoms with Crippen LogP contribution in [0.15, 0.2) is 72.8 Å². The summed E-state index contributed by atoms with van der Waals surface area (Å²) in [6.07, 6.45) is -8.13. The number of carbonyl (C=O) groups is 6. The highest BCUT2D eigenvalue weighted by molar-refractivity contribution is 7.16. The summed E-state index contributed by atoms with van der Waals surface area (Å²) in [4.78, 5) is 82.8. The molecule has 328 valence electrons. The van der Waals surface area contributed by atoms with Gasteiger partial charge < -0.3 is 43.3 Å². The summed E-state index contributed by atoms with van der Waals surface area (Å²) in [5, 5.41) is 13.6. The van der Waals surface area contributed by atoms with Gasteiger partial charge in [-0.25, -0.2) is 4.79 Å². The maximum atomic E-state index is 14.6. The zero-order chi connectivity index (χ0) is 44.9. The maximum Gasteiger partial charge on any atom is 0.339 e. The smallest absolute Gasteiger partial charge is 0.339 e. The third kappa shape index (κ3) is 8.01. The topological polar surface area (TPSA) is 185 Å². The van der Waals surface area contributed by atoms with Crippen LogP contribution in [-0.4, -0.2) is 103 Å². The Bertz CT molecular complexity index is 2690. The minimum atomic E-state index is -1.70. The summed E-state index contributed by atoms with van der Waals surface area (Å²) in [6, 6.07) is 20.9. The average Bonchev–Trinajstić information content (AvgIpc) is 4.01. The number of alkyl halides is 2. The van der Waals surface area contributed by atoms with E-state index < -0.39 is 60.5 Å². The number of phenols is 1. The highest BCUT2D eigenvalue weighted by Crippen LogP contribution is 2.48. The van der Waals surface area contributed by atoms with E-state index in [-0.39, 0.29) is 59.0 Å². The Kier molecular flexibility index (Phi) is 12.3. The number of fused-ring (bicyclic) bond motifs is 6. The van der Waals surface area contributed by atoms with Gasteiger partial charge in [-0.3, -0.25) is 24.0 Å². The van der Waals surface area contributed by atoms with Gasteiger partial charge in [0.2, 0.25) is 12.4 Å². The lowest BCUT2D eigenvalue weighted by Crippen LogP contribution is -2.64. The third-order valence-corrected chi connectivity index (χ3v) is 13.0. The number of aromatic hydroxyl groups is 1. The fourth-order valence-electron chi connectivity index (χ4n) is 8.71. The standard InChI is InChI=1S/C45H40Cl2N2O13S/c1-21(50)58-38-39(59-22(2)51)41(60-23(3)52)45(62-40(38)44(56)57-4)61-33-16-31-37(29-12-8-6-10-27(29)33)25(18-47)20-49(31)43(55)35-14-13-34(63-35)42(54)48-19-24(17-46)36-28-11-7-5-9-26(28)32(53)15-30(36)48/h5-16,24-25,38-41,45,53H,17-20H2,1-4H3/t24-,25-,38+,39?,40?,41+,45-/m1/s1. The Morgan fingerprint density at radius 2 is 1.16 bits per heavy atom. The molecule has 3 aliphatic rings. The minimum absolute atomic E-state index is 0.0347. The van der Waals surface area contributed by atoms with E-state index in [0.29, 0.717) is 32.4 Å². The SMILES string of the molecule is COC(=O)C1O[C@@H](Oc2cc3c(c4ccccc24)[C@H](CCl)CN3C(=O)c2ccc(C(=O)N3C[C@@H](CCl)c4c3cc(O)c3ccccc43)s2)[C@@H](OC(C)=O)C(OC(C)=O)[C@@H]1OC(C)=O. The lowest BCUT2D eigenvalue weighted by Gasteiger charge is -2.43. The molecule has 1 fully saturated rings. The number of amides is 2. The predicted molar refractivity (Wildman–Crippen MR) is 232 cm³/mol. The summed E-state index contributed by atoms with van der Waals surface area (Å²) >= 11 is 14.0. The number of halogens is 2. The monoisotopic (exact) mass is 918 g/mol. The van der Waals surface area contributed by atoms with Crippen LogP contribution in [0.2, 0.25) is 0 Å². The molecule has 4 aromatic carbocycles. The first-order valence-corrected chi connectivity index (χ1v) is 21.7. The number of methoxy groups -OCH3 is 1. The third-order valence-electron chi connectivity index (χ3n) is 11.2. The van der Waals surface area contributed by atoms with E-state index in [0.717, 1.165) is 55.7 Å². The number of nitrogens with zero attached hydrogens (tertiary/aromatic N) is 2. The zero-order valence-corrected chi connectivity index (χ0v) is 36.5. The molecular weight excluding hydrogens is 879 g/mol. The van der Waals surface area contributed by atoms with Gasteiger partial charge >= 0.3 is 23.9 Å². The van der Waals surface area contributed by atoms with Crippen molar-refractivity contribution in [2.75, 3.05) is 41.8 Å². The first-order chi connectivity index (χ1) is 30.2. The number of carbonyl (C=O) groups excluding carboxylic acids is 6. The van der Waals surface area contributed by atoms with Crippen molar-refractivity contribution in [1.82, 2.24) is 0 Å². The highest BCUT2D eigenvalue weighted by Gasteiger charge is 2.56. The molecule has 1 aromatic heterocycles. The minimum Gasteiger partial charge on any atom is -0.507 e. The van der Waals surface area contributed by atoms with E-state index in [2.05, 4.69) is 0 Å². The van der Waals surface area contributed by atoms with Crippen molar-refractivity contribution in [2.45, 2.75) is 63.3 Å². The van der Waals surface area contributed by atoms with Crippen LogP contribution >= 0.6 is 34.5 Å². The van der Waals surface area contributed by atoms with Crippen molar-refractivity contribution in [3.63, 3.8) is 0 Å². The maximum absolute atomic E-state index is 14.6. The molecule has 2 unspecified atom stereocenters. The molecule has 3 aliphatic heterocycles. The number of rotatable bonds is 10. The number of esters is 4. The quantitative estimate of drug-likeness (QED) is 0.0878. The number of phenolic OH excluding ortho intramolecular Hbond substituents is 1. The van der Waals surface area contributed by atoms with Gasteiger partial charge in [0.1, 0.15) is 11.5 Å². The average molecular weight is 920 g/mol. The van der Waals surface area contributed by atoms with E-state index in [1.807, 2.05) is 30.3 Å². The summed E-state index contributed by atoms with van der Waals surface area (Å²) in [6.45, 7) is 3.73. The summed E-state index contributed by atoms with van der Waals surface area (Å²) in [7, 11) is 1.08. The van der Waals surface area contributed by atoms with Crippen LogP contribution in [0.25, 0.3) is 21.5 Å². The Balaban J connectivity index is 1.15. The first-order valence-electron chi connectivity index (χ1n) is 19.8. The van der Waals surface area contributed by atoms with Crippen LogP contribution in [0.1, 0.15) is 63.1 Å². The molecule has 0 radical (unpaired) electrons. The lowest BCUT2D eigenvalue weighted by atomic mass is 9.95. The molecule has 7 atom stereocenters. The Hall–Kier alpha value is -5.94. The Morgan fingerprint density at radius 3 is 1.68 bits per heavy atom. The molecule has 0 spiro atoms. The van der Waals surface area contributed by atoms with Gasteiger partial charge in [0.25, 0.3) is 11.8 Å². The molecule has 0 aliphatic carbocycles. The molecule has 63 heavy (non-hydrogen) atoms. The Morgan fingerprint density at radius 1 is 0.683 bits per heavy atom. The molecule has 2 amide bonds. The second-order valence-corrected chi connectivity index (χ2v) is 16.9. The molecule has 1 saturated heterocycles. The molecule has 0 saturated carbocycles. The van der Waals surface area contributed by atoms with Crippen LogP contribution in [0.4, 0.5) is 11.4 Å². The number of hydrogen-bond acceptors (Lipinski definition) is 14. The lowest BCUT2D eigenvalue weighted by molar-refractivity contribution is -0.282. The first kappa shape index (κ1) is 43.7. The van der Waals surface area contributed by atoms with Crippen LogP contribution < -0.4 is 14.5 Å². The van der Waals surface area contributed by atoms with Crippen LogP contribution in [0.3, 0.4) is 0 Å². The van der Waals surface area contributed by atoms with Gasteiger partial charge in [0.15, 0.2) is 18.3 Å². The van der Waals surface area contributed by atoms with Gasteiger partial charge in [-0.15, -0.1) is 34.5 Å². The van der Waals surface area contributed by atoms with Gasteiger partial charge in [-0.1, -0.05) is 48.5 Å². The van der Waals surface area contributed by atoms with Crippen molar-refractivity contribution < 1.29 is 62.3 Å². The second kappa shape index (κ2) is 17.7. The number of thiophene rings is 1. The van der Waals surface area contributed by atoms with Gasteiger partial charge in [-0.2, -0.15) is 0 Å². The number of anilines is 2. The number of hydrogen-bond donors (Lipinski definition) is 1. The van der Waals surface area contributed by atoms with Crippen LogP contribution in [0, 0.1) is 0 Å². The highest BCUT2D eigenvalue weighted by atomic mass is 35.5. The van der Waals surface area contributed by atoms with Gasteiger partial charge in [-0.05, 0) is 34.0 Å². The largest absolute Gasteiger partial charge is 0.507 e. The normalized spacial score (nSPS) is 22.6. The van der Waals surface area contributed by atoms with Crippen LogP contribution in [-0.2, 0) is 42.9 Å². The Labute approximate surface area is 374 Å². The molecule has 0 bridgehead atoms. The van der Waals surface area contributed by atoms with Gasteiger partial charge in [0.05, 0.1) is 28.2 Å². The van der Waals surface area contributed by atoms with Crippen molar-refractivity contribution >= 4 is 103 Å². The predicted octanol–water partition coefficient (Wildman–Crippen LogP) is 6.80. The van der Waals surface area contributed by atoms with Crippen molar-refractivity contribution in [3.8, 4) is 11.5 Å². The van der Waals surface area contributed by atoms with Crippen LogP contribution in [0.5, 0.6) is 11.5 Å². The number of ether oxygens (including phenoxy) is 6. The molecule has 1 N–H and O–H groups in total. The van der Waals surface area contributed by atoms with Crippen molar-refractivity contribution in [2.24, 2.45) is 0 Å². The molecular formula is C45H40Cl2N2O13S. The molecule has 5 aromatic rings. The fraction of sp³-hybridized carbons (Fsp3) is 0.333. The van der Waals surface area contributed by atoms with E-state index in [1.165, 1.54) is 0 Å². The fourth-order valence-corrected chi connectivity index (χ4v) is 10.1. The van der Waals surface area contributed by atoms with Gasteiger partial charge in [0, 0.05) is 80.4 Å². The van der Waals surface area contributed by atoms with Crippen molar-refractivity contribution in [3.05, 3.63) is 93.7 Å². The van der Waals surface area contributed by atoms with E-state index >= 15 is 0 Å².